The average molecular weight is 350 g/mol. The molecule has 0 aliphatic rings. The van der Waals surface area contributed by atoms with Crippen LogP contribution in [0.1, 0.15) is 11.1 Å². The molecule has 3 aromatic carbocycles. The Balaban J connectivity index is 1.68. The van der Waals surface area contributed by atoms with Crippen molar-refractivity contribution < 1.29 is 14.0 Å². The molecule has 0 saturated heterocycles. The van der Waals surface area contributed by atoms with Gasteiger partial charge in [0.05, 0.1) is 6.42 Å². The first kappa shape index (κ1) is 17.6. The molecule has 0 saturated carbocycles. The van der Waals surface area contributed by atoms with Gasteiger partial charge in [0.2, 0.25) is 11.8 Å². The zero-order chi connectivity index (χ0) is 18.5. The third-order valence-corrected chi connectivity index (χ3v) is 4.19. The van der Waals surface area contributed by atoms with Crippen LogP contribution in [-0.4, -0.2) is 17.9 Å². The van der Waals surface area contributed by atoms with Gasteiger partial charge in [0.1, 0.15) is 11.9 Å². The second-order valence-corrected chi connectivity index (χ2v) is 6.21. The van der Waals surface area contributed by atoms with Gasteiger partial charge in [0, 0.05) is 6.42 Å². The van der Waals surface area contributed by atoms with Gasteiger partial charge in [0.25, 0.3) is 0 Å². The number of rotatable bonds is 6. The second-order valence-electron chi connectivity index (χ2n) is 6.21. The summed E-state index contributed by atoms with van der Waals surface area (Å²) >= 11 is 0. The molecule has 1 atom stereocenters. The normalized spacial score (nSPS) is 11.9. The van der Waals surface area contributed by atoms with Crippen LogP contribution in [0, 0.1) is 5.82 Å². The number of nitrogens with two attached hydrogens (primary N) is 1. The minimum absolute atomic E-state index is 0.137. The largest absolute Gasteiger partial charge is 0.368 e. The lowest BCUT2D eigenvalue weighted by atomic mass is 10.0. The van der Waals surface area contributed by atoms with Crippen LogP contribution in [0.3, 0.4) is 0 Å². The van der Waals surface area contributed by atoms with E-state index in [-0.39, 0.29) is 18.7 Å². The van der Waals surface area contributed by atoms with E-state index in [0.29, 0.717) is 5.56 Å². The van der Waals surface area contributed by atoms with Crippen LogP contribution in [0.2, 0.25) is 0 Å². The summed E-state index contributed by atoms with van der Waals surface area (Å²) in [5.74, 6) is -1.35. The molecule has 3 N–H and O–H groups in total. The number of amides is 2. The summed E-state index contributed by atoms with van der Waals surface area (Å²) in [7, 11) is 0. The standard InChI is InChI=1S/C21H19FN2O2/c22-18-7-3-4-14(11-18)12-19(21(23)26)24-20(25)13-15-8-9-16-5-1-2-6-17(16)10-15/h1-11,19H,12-13H2,(H2,23,26)(H,24,25)/t19-/m1/s1. The van der Waals surface area contributed by atoms with Crippen LogP contribution in [0.5, 0.6) is 0 Å². The molecular weight excluding hydrogens is 331 g/mol. The van der Waals surface area contributed by atoms with Gasteiger partial charge in [-0.05, 0) is 34.0 Å². The Kier molecular flexibility index (Phi) is 5.27. The predicted octanol–water partition coefficient (Wildman–Crippen LogP) is 2.73. The van der Waals surface area contributed by atoms with E-state index in [9.17, 15) is 14.0 Å². The summed E-state index contributed by atoms with van der Waals surface area (Å²) in [5, 5.41) is 4.79. The molecule has 132 valence electrons. The molecule has 3 rings (SSSR count). The van der Waals surface area contributed by atoms with Crippen molar-refractivity contribution in [1.29, 1.82) is 0 Å². The lowest BCUT2D eigenvalue weighted by molar-refractivity contribution is -0.127. The summed E-state index contributed by atoms with van der Waals surface area (Å²) in [6, 6.07) is 18.7. The lowest BCUT2D eigenvalue weighted by Crippen LogP contribution is -2.46. The minimum Gasteiger partial charge on any atom is -0.368 e. The molecule has 3 aromatic rings. The third-order valence-electron chi connectivity index (χ3n) is 4.19. The highest BCUT2D eigenvalue weighted by Crippen LogP contribution is 2.16. The van der Waals surface area contributed by atoms with Crippen LogP contribution in [0.15, 0.2) is 66.7 Å². The summed E-state index contributed by atoms with van der Waals surface area (Å²) in [4.78, 5) is 24.0. The minimum atomic E-state index is -0.884. The molecule has 0 aromatic heterocycles. The van der Waals surface area contributed by atoms with Crippen molar-refractivity contribution in [1.82, 2.24) is 5.32 Å². The summed E-state index contributed by atoms with van der Waals surface area (Å²) in [6.45, 7) is 0. The van der Waals surface area contributed by atoms with E-state index in [2.05, 4.69) is 5.32 Å². The first-order valence-electron chi connectivity index (χ1n) is 8.32. The van der Waals surface area contributed by atoms with Crippen molar-refractivity contribution in [3.05, 3.63) is 83.7 Å². The fourth-order valence-corrected chi connectivity index (χ4v) is 2.90. The molecule has 4 nitrogen and oxygen atoms in total. The molecule has 0 fully saturated rings. The van der Waals surface area contributed by atoms with Gasteiger partial charge in [-0.3, -0.25) is 9.59 Å². The molecule has 0 heterocycles. The first-order valence-corrected chi connectivity index (χ1v) is 8.32. The topological polar surface area (TPSA) is 72.2 Å². The van der Waals surface area contributed by atoms with E-state index in [1.54, 1.807) is 12.1 Å². The Morgan fingerprint density at radius 1 is 0.923 bits per heavy atom. The van der Waals surface area contributed by atoms with Gasteiger partial charge in [-0.25, -0.2) is 4.39 Å². The van der Waals surface area contributed by atoms with Crippen LogP contribution in [-0.2, 0) is 22.4 Å². The van der Waals surface area contributed by atoms with Gasteiger partial charge < -0.3 is 11.1 Å². The number of primary amides is 1. The van der Waals surface area contributed by atoms with Crippen LogP contribution in [0.4, 0.5) is 4.39 Å². The zero-order valence-corrected chi connectivity index (χ0v) is 14.1. The van der Waals surface area contributed by atoms with E-state index < -0.39 is 17.8 Å². The number of fused-ring (bicyclic) bond motifs is 1. The van der Waals surface area contributed by atoms with E-state index in [4.69, 9.17) is 5.73 Å². The Morgan fingerprint density at radius 2 is 1.69 bits per heavy atom. The molecule has 2 amide bonds. The Bertz CT molecular complexity index is 955. The van der Waals surface area contributed by atoms with Crippen molar-refractivity contribution in [3.8, 4) is 0 Å². The maximum absolute atomic E-state index is 13.3. The summed E-state index contributed by atoms with van der Waals surface area (Å²) < 4.78 is 13.3. The Morgan fingerprint density at radius 3 is 2.42 bits per heavy atom. The predicted molar refractivity (Wildman–Crippen MR) is 98.9 cm³/mol. The average Bonchev–Trinajstić information content (AvgIpc) is 2.61. The maximum Gasteiger partial charge on any atom is 0.240 e. The number of carbonyl (C=O) groups is 2. The molecule has 0 aliphatic carbocycles. The lowest BCUT2D eigenvalue weighted by Gasteiger charge is -2.16. The fourth-order valence-electron chi connectivity index (χ4n) is 2.90. The van der Waals surface area contributed by atoms with Crippen LogP contribution >= 0.6 is 0 Å². The van der Waals surface area contributed by atoms with E-state index in [1.807, 2.05) is 42.5 Å². The van der Waals surface area contributed by atoms with Gasteiger partial charge in [0.15, 0.2) is 0 Å². The number of nitrogens with one attached hydrogen (secondary N) is 1. The van der Waals surface area contributed by atoms with Gasteiger partial charge in [-0.1, -0.05) is 54.6 Å². The van der Waals surface area contributed by atoms with Crippen molar-refractivity contribution in [2.24, 2.45) is 5.73 Å². The first-order chi connectivity index (χ1) is 12.5. The molecule has 0 unspecified atom stereocenters. The van der Waals surface area contributed by atoms with Crippen LogP contribution < -0.4 is 11.1 Å². The number of carbonyl (C=O) groups excluding carboxylic acids is 2. The molecule has 0 aliphatic heterocycles. The van der Waals surface area contributed by atoms with Gasteiger partial charge >= 0.3 is 0 Å². The quantitative estimate of drug-likeness (QED) is 0.717. The molecule has 26 heavy (non-hydrogen) atoms. The van der Waals surface area contributed by atoms with Crippen molar-refractivity contribution in [2.45, 2.75) is 18.9 Å². The third kappa shape index (κ3) is 4.45. The summed E-state index contributed by atoms with van der Waals surface area (Å²) in [5.41, 5.74) is 6.83. The van der Waals surface area contributed by atoms with Crippen molar-refractivity contribution >= 4 is 22.6 Å². The molecule has 5 heteroatoms. The van der Waals surface area contributed by atoms with E-state index in [0.717, 1.165) is 16.3 Å². The zero-order valence-electron chi connectivity index (χ0n) is 14.1. The molecule has 0 spiro atoms. The maximum atomic E-state index is 13.3. The second kappa shape index (κ2) is 7.78. The highest BCUT2D eigenvalue weighted by molar-refractivity contribution is 5.89. The van der Waals surface area contributed by atoms with Gasteiger partial charge in [-0.2, -0.15) is 0 Å². The summed E-state index contributed by atoms with van der Waals surface area (Å²) in [6.07, 6.45) is 0.286. The number of hydrogen-bond acceptors (Lipinski definition) is 2. The number of halogens is 1. The number of benzene rings is 3. The molecule has 0 bridgehead atoms. The highest BCUT2D eigenvalue weighted by Gasteiger charge is 2.19. The fraction of sp³-hybridized carbons (Fsp3) is 0.143. The monoisotopic (exact) mass is 350 g/mol. The van der Waals surface area contributed by atoms with E-state index in [1.165, 1.54) is 12.1 Å². The van der Waals surface area contributed by atoms with Crippen LogP contribution in [0.25, 0.3) is 10.8 Å². The smallest absolute Gasteiger partial charge is 0.240 e. The highest BCUT2D eigenvalue weighted by atomic mass is 19.1. The number of hydrogen-bond donors (Lipinski definition) is 2. The molecule has 0 radical (unpaired) electrons. The van der Waals surface area contributed by atoms with Crippen molar-refractivity contribution in [2.75, 3.05) is 0 Å². The van der Waals surface area contributed by atoms with Gasteiger partial charge in [-0.15, -0.1) is 0 Å². The van der Waals surface area contributed by atoms with Crippen molar-refractivity contribution in [3.63, 3.8) is 0 Å². The Hall–Kier alpha value is -3.21. The van der Waals surface area contributed by atoms with E-state index >= 15 is 0 Å². The molecular formula is C21H19FN2O2. The SMILES string of the molecule is NC(=O)[C@@H](Cc1cccc(F)c1)NC(=O)Cc1ccc2ccccc2c1. The Labute approximate surface area is 150 Å².